The Labute approximate surface area is 197 Å². The fraction of sp³-hybridized carbons (Fsp3) is 0.500. The van der Waals surface area contributed by atoms with Crippen LogP contribution in [0.3, 0.4) is 0 Å². The fourth-order valence-electron chi connectivity index (χ4n) is 3.21. The molecule has 0 saturated carbocycles. The Morgan fingerprint density at radius 3 is 1.50 bits per heavy atom. The summed E-state index contributed by atoms with van der Waals surface area (Å²) in [5.74, 6) is 0.371. The molecule has 0 aliphatic rings. The molecule has 0 bridgehead atoms. The Morgan fingerprint density at radius 1 is 0.735 bits per heavy atom. The lowest BCUT2D eigenvalue weighted by Gasteiger charge is -2.23. The van der Waals surface area contributed by atoms with Crippen molar-refractivity contribution in [2.75, 3.05) is 48.5 Å². The molecular formula is C24H34F6N4. The number of nitrogen functional groups attached to an aromatic ring is 2. The van der Waals surface area contributed by atoms with Crippen LogP contribution in [0.25, 0.3) is 0 Å². The fourth-order valence-corrected chi connectivity index (χ4v) is 3.21. The molecule has 4 nitrogen and oxygen atoms in total. The van der Waals surface area contributed by atoms with E-state index in [2.05, 4.69) is 0 Å². The molecule has 0 amide bonds. The van der Waals surface area contributed by atoms with Crippen LogP contribution in [0.15, 0.2) is 36.4 Å². The lowest BCUT2D eigenvalue weighted by molar-refractivity contribution is -0.138. The topological polar surface area (TPSA) is 58.5 Å². The Kier molecular flexibility index (Phi) is 10.4. The van der Waals surface area contributed by atoms with E-state index < -0.39 is 23.5 Å². The Bertz CT molecular complexity index is 909. The van der Waals surface area contributed by atoms with E-state index >= 15 is 0 Å². The molecule has 2 aromatic rings. The van der Waals surface area contributed by atoms with Crippen molar-refractivity contribution in [3.05, 3.63) is 47.5 Å². The summed E-state index contributed by atoms with van der Waals surface area (Å²) in [5.41, 5.74) is 10.9. The zero-order valence-electron chi connectivity index (χ0n) is 20.2. The van der Waals surface area contributed by atoms with Crippen molar-refractivity contribution in [3.8, 4) is 0 Å². The van der Waals surface area contributed by atoms with Gasteiger partial charge in [0.05, 0.1) is 11.1 Å². The Morgan fingerprint density at radius 2 is 1.15 bits per heavy atom. The van der Waals surface area contributed by atoms with Crippen molar-refractivity contribution in [2.45, 2.75) is 46.0 Å². The van der Waals surface area contributed by atoms with Crippen molar-refractivity contribution < 1.29 is 26.3 Å². The number of hydrogen-bond donors (Lipinski definition) is 2. The number of anilines is 4. The van der Waals surface area contributed by atoms with Crippen LogP contribution in [-0.2, 0) is 12.4 Å². The zero-order chi connectivity index (χ0) is 26.3. The van der Waals surface area contributed by atoms with Crippen LogP contribution in [0.1, 0.15) is 44.7 Å². The first-order valence-corrected chi connectivity index (χ1v) is 10.9. The SMILES string of the molecule is CC(C)CN(C)c1cc(N)cc(C(F)(F)F)c1.CCCCN(C)c1cc(N)cc(C(F)(F)F)c1. The largest absolute Gasteiger partial charge is 0.416 e. The molecule has 0 aromatic heterocycles. The molecule has 34 heavy (non-hydrogen) atoms. The summed E-state index contributed by atoms with van der Waals surface area (Å²) in [4.78, 5) is 3.56. The molecule has 0 aliphatic heterocycles. The van der Waals surface area contributed by atoms with E-state index in [1.165, 1.54) is 0 Å². The van der Waals surface area contributed by atoms with Crippen molar-refractivity contribution in [1.29, 1.82) is 0 Å². The maximum Gasteiger partial charge on any atom is 0.416 e. The summed E-state index contributed by atoms with van der Waals surface area (Å²) < 4.78 is 75.6. The number of benzene rings is 2. The predicted molar refractivity (Wildman–Crippen MR) is 128 cm³/mol. The number of nitrogens with two attached hydrogens (primary N) is 2. The van der Waals surface area contributed by atoms with E-state index in [0.29, 0.717) is 23.8 Å². The lowest BCUT2D eigenvalue weighted by atomic mass is 10.1. The van der Waals surface area contributed by atoms with Crippen LogP contribution in [0, 0.1) is 5.92 Å². The van der Waals surface area contributed by atoms with Gasteiger partial charge in [0.15, 0.2) is 0 Å². The summed E-state index contributed by atoms with van der Waals surface area (Å²) in [5, 5.41) is 0. The molecule has 0 aliphatic carbocycles. The van der Waals surface area contributed by atoms with Gasteiger partial charge in [0.2, 0.25) is 0 Å². The van der Waals surface area contributed by atoms with Crippen LogP contribution in [0.5, 0.6) is 0 Å². The quantitative estimate of drug-likeness (QED) is 0.326. The van der Waals surface area contributed by atoms with E-state index in [9.17, 15) is 26.3 Å². The Balaban J connectivity index is 0.000000340. The minimum Gasteiger partial charge on any atom is -0.399 e. The van der Waals surface area contributed by atoms with E-state index in [1.54, 1.807) is 36.0 Å². The molecule has 4 N–H and O–H groups in total. The minimum atomic E-state index is -4.36. The van der Waals surface area contributed by atoms with Crippen LogP contribution in [-0.4, -0.2) is 27.2 Å². The van der Waals surface area contributed by atoms with Crippen LogP contribution >= 0.6 is 0 Å². The van der Waals surface area contributed by atoms with Crippen molar-refractivity contribution >= 4 is 22.7 Å². The van der Waals surface area contributed by atoms with Gasteiger partial charge in [-0.1, -0.05) is 27.2 Å². The highest BCUT2D eigenvalue weighted by Gasteiger charge is 2.32. The minimum absolute atomic E-state index is 0.130. The third-order valence-electron chi connectivity index (χ3n) is 4.90. The van der Waals surface area contributed by atoms with Crippen LogP contribution in [0.2, 0.25) is 0 Å². The normalized spacial score (nSPS) is 11.8. The highest BCUT2D eigenvalue weighted by atomic mass is 19.4. The molecule has 0 spiro atoms. The first-order valence-electron chi connectivity index (χ1n) is 10.9. The van der Waals surface area contributed by atoms with Gasteiger partial charge in [-0.2, -0.15) is 26.3 Å². The summed E-state index contributed by atoms with van der Waals surface area (Å²) >= 11 is 0. The third kappa shape index (κ3) is 9.61. The number of alkyl halides is 6. The van der Waals surface area contributed by atoms with E-state index in [4.69, 9.17) is 11.5 Å². The molecule has 192 valence electrons. The highest BCUT2D eigenvalue weighted by molar-refractivity contribution is 5.59. The smallest absolute Gasteiger partial charge is 0.399 e. The summed E-state index contributed by atoms with van der Waals surface area (Å²) in [6, 6.07) is 7.27. The summed E-state index contributed by atoms with van der Waals surface area (Å²) in [7, 11) is 3.53. The molecule has 10 heteroatoms. The summed E-state index contributed by atoms with van der Waals surface area (Å²) in [6.07, 6.45) is -6.77. The molecule has 0 saturated heterocycles. The second-order valence-electron chi connectivity index (χ2n) is 8.67. The van der Waals surface area contributed by atoms with Crippen molar-refractivity contribution in [2.24, 2.45) is 5.92 Å². The maximum atomic E-state index is 12.6. The van der Waals surface area contributed by atoms with Gasteiger partial charge < -0.3 is 21.3 Å². The number of halogens is 6. The van der Waals surface area contributed by atoms with Gasteiger partial charge in [-0.05, 0) is 48.7 Å². The molecule has 0 unspecified atom stereocenters. The average Bonchev–Trinajstić information content (AvgIpc) is 2.69. The first-order chi connectivity index (χ1) is 15.5. The van der Waals surface area contributed by atoms with Gasteiger partial charge in [0.25, 0.3) is 0 Å². The average molecular weight is 493 g/mol. The van der Waals surface area contributed by atoms with Gasteiger partial charge in [-0.25, -0.2) is 0 Å². The highest BCUT2D eigenvalue weighted by Crippen LogP contribution is 2.34. The molecule has 0 heterocycles. The van der Waals surface area contributed by atoms with E-state index in [1.807, 2.05) is 20.8 Å². The molecular weight excluding hydrogens is 458 g/mol. The second kappa shape index (κ2) is 12.1. The second-order valence-corrected chi connectivity index (χ2v) is 8.67. The molecule has 0 radical (unpaired) electrons. The number of nitrogens with zero attached hydrogens (tertiary/aromatic N) is 2. The first kappa shape index (κ1) is 29.3. The Hall–Kier alpha value is -2.78. The van der Waals surface area contributed by atoms with Crippen molar-refractivity contribution in [3.63, 3.8) is 0 Å². The number of hydrogen-bond acceptors (Lipinski definition) is 4. The molecule has 2 aromatic carbocycles. The molecule has 0 atom stereocenters. The van der Waals surface area contributed by atoms with Crippen LogP contribution in [0.4, 0.5) is 49.1 Å². The third-order valence-corrected chi connectivity index (χ3v) is 4.90. The van der Waals surface area contributed by atoms with Gasteiger partial charge in [-0.3, -0.25) is 0 Å². The summed E-state index contributed by atoms with van der Waals surface area (Å²) in [6.45, 7) is 7.45. The molecule has 2 rings (SSSR count). The molecule has 0 fully saturated rings. The van der Waals surface area contributed by atoms with Crippen LogP contribution < -0.4 is 21.3 Å². The number of unbranched alkanes of at least 4 members (excludes halogenated alkanes) is 1. The van der Waals surface area contributed by atoms with Gasteiger partial charge in [0.1, 0.15) is 0 Å². The van der Waals surface area contributed by atoms with Gasteiger partial charge in [0, 0.05) is 49.9 Å². The zero-order valence-corrected chi connectivity index (χ0v) is 20.2. The standard InChI is InChI=1S/2C12H17F3N2/c1-8(2)7-17(3)11-5-9(12(13,14)15)4-10(16)6-11;1-3-4-5-17(2)11-7-9(12(13,14)15)6-10(16)8-11/h4-6,8H,7,16H2,1-3H3;6-8H,3-5,16H2,1-2H3. The van der Waals surface area contributed by atoms with Crippen molar-refractivity contribution in [1.82, 2.24) is 0 Å². The van der Waals surface area contributed by atoms with Gasteiger partial charge >= 0.3 is 12.4 Å². The van der Waals surface area contributed by atoms with Gasteiger partial charge in [-0.15, -0.1) is 0 Å². The lowest BCUT2D eigenvalue weighted by Crippen LogP contribution is -2.23. The number of rotatable bonds is 7. The monoisotopic (exact) mass is 492 g/mol. The maximum absolute atomic E-state index is 12.6. The van der Waals surface area contributed by atoms with E-state index in [-0.39, 0.29) is 11.4 Å². The predicted octanol–water partition coefficient (Wildman–Crippen LogP) is 6.90. The van der Waals surface area contributed by atoms with E-state index in [0.717, 1.165) is 43.7 Å².